The molecule has 1 unspecified atom stereocenters. The van der Waals surface area contributed by atoms with Gasteiger partial charge in [-0.1, -0.05) is 30.3 Å². The number of rotatable bonds is 5. The van der Waals surface area contributed by atoms with Crippen molar-refractivity contribution in [2.75, 3.05) is 20.6 Å². The molecule has 1 aliphatic heterocycles. The maximum atomic E-state index is 4.53. The number of H-pyrrole nitrogens is 1. The van der Waals surface area contributed by atoms with Crippen LogP contribution in [0.3, 0.4) is 0 Å². The van der Waals surface area contributed by atoms with E-state index in [9.17, 15) is 0 Å². The van der Waals surface area contributed by atoms with Crippen molar-refractivity contribution in [3.05, 3.63) is 54.0 Å². The van der Waals surface area contributed by atoms with Gasteiger partial charge in [0.1, 0.15) is 17.5 Å². The van der Waals surface area contributed by atoms with Gasteiger partial charge in [-0.3, -0.25) is 4.99 Å². The van der Waals surface area contributed by atoms with Crippen LogP contribution in [0.5, 0.6) is 0 Å². The van der Waals surface area contributed by atoms with Crippen LogP contribution in [-0.2, 0) is 19.5 Å². The summed E-state index contributed by atoms with van der Waals surface area (Å²) in [6, 6.07) is 10.2. The predicted molar refractivity (Wildman–Crippen MR) is 113 cm³/mol. The molecule has 0 saturated heterocycles. The second-order valence-electron chi connectivity index (χ2n) is 7.57. The minimum absolute atomic E-state index is 0.538. The van der Waals surface area contributed by atoms with Crippen molar-refractivity contribution in [3.8, 4) is 11.3 Å². The summed E-state index contributed by atoms with van der Waals surface area (Å²) in [4.78, 5) is 14.5. The van der Waals surface area contributed by atoms with E-state index in [2.05, 4.69) is 52.1 Å². The third-order valence-electron chi connectivity index (χ3n) is 5.45. The van der Waals surface area contributed by atoms with Gasteiger partial charge < -0.3 is 19.8 Å². The standard InChI is InChI=1S/C21H28N8/c1-15-26-27-20-10-9-16(13-29(15)20)11-24-21(22-2)28(3)14-19-23-12-18(25-19)17-7-5-4-6-8-17/h4-8,12,16H,9-11,13-14H2,1-3H3,(H,22,24)(H,23,25). The summed E-state index contributed by atoms with van der Waals surface area (Å²) in [7, 11) is 3.85. The van der Waals surface area contributed by atoms with E-state index in [1.165, 1.54) is 0 Å². The van der Waals surface area contributed by atoms with Gasteiger partial charge in [-0.25, -0.2) is 4.98 Å². The predicted octanol–water partition coefficient (Wildman–Crippen LogP) is 2.25. The van der Waals surface area contributed by atoms with Crippen molar-refractivity contribution < 1.29 is 0 Å². The molecule has 8 nitrogen and oxygen atoms in total. The van der Waals surface area contributed by atoms with Crippen molar-refractivity contribution >= 4 is 5.96 Å². The summed E-state index contributed by atoms with van der Waals surface area (Å²) in [5.41, 5.74) is 2.16. The Hall–Kier alpha value is -3.16. The zero-order valence-corrected chi connectivity index (χ0v) is 17.3. The van der Waals surface area contributed by atoms with Crippen molar-refractivity contribution in [2.45, 2.75) is 32.9 Å². The summed E-state index contributed by atoms with van der Waals surface area (Å²) in [5.74, 6) is 4.42. The number of nitrogens with zero attached hydrogens (tertiary/aromatic N) is 6. The molecule has 152 valence electrons. The number of aryl methyl sites for hydroxylation is 2. The van der Waals surface area contributed by atoms with Crippen LogP contribution < -0.4 is 5.32 Å². The van der Waals surface area contributed by atoms with Crippen LogP contribution in [0.1, 0.15) is 23.9 Å². The average Bonchev–Trinajstić information content (AvgIpc) is 3.36. The molecule has 3 heterocycles. The zero-order chi connectivity index (χ0) is 20.2. The number of nitrogens with one attached hydrogen (secondary N) is 2. The third kappa shape index (κ3) is 4.31. The molecular formula is C21H28N8. The van der Waals surface area contributed by atoms with Crippen molar-refractivity contribution in [3.63, 3.8) is 0 Å². The van der Waals surface area contributed by atoms with Crippen LogP contribution in [0.15, 0.2) is 41.5 Å². The fraction of sp³-hybridized carbons (Fsp3) is 0.429. The molecule has 29 heavy (non-hydrogen) atoms. The molecule has 0 saturated carbocycles. The topological polar surface area (TPSA) is 87.0 Å². The van der Waals surface area contributed by atoms with Crippen LogP contribution >= 0.6 is 0 Å². The lowest BCUT2D eigenvalue weighted by Crippen LogP contribution is -2.42. The number of aromatic nitrogens is 5. The molecule has 0 radical (unpaired) electrons. The van der Waals surface area contributed by atoms with Gasteiger partial charge in [0.2, 0.25) is 0 Å². The SMILES string of the molecule is CN=C(NCC1CCc2nnc(C)n2C1)N(C)Cc1ncc(-c2ccccc2)[nH]1. The summed E-state index contributed by atoms with van der Waals surface area (Å²) < 4.78 is 2.23. The Bertz CT molecular complexity index is 972. The lowest BCUT2D eigenvalue weighted by atomic mass is 9.99. The van der Waals surface area contributed by atoms with Gasteiger partial charge in [-0.05, 0) is 24.8 Å². The molecule has 0 spiro atoms. The highest BCUT2D eigenvalue weighted by Crippen LogP contribution is 2.19. The summed E-state index contributed by atoms with van der Waals surface area (Å²) in [6.45, 7) is 4.51. The van der Waals surface area contributed by atoms with Gasteiger partial charge in [0.05, 0.1) is 18.4 Å². The van der Waals surface area contributed by atoms with Gasteiger partial charge in [0.15, 0.2) is 5.96 Å². The lowest BCUT2D eigenvalue weighted by Gasteiger charge is -2.27. The fourth-order valence-electron chi connectivity index (χ4n) is 3.82. The third-order valence-corrected chi connectivity index (χ3v) is 5.45. The molecule has 2 N–H and O–H groups in total. The number of guanidine groups is 1. The van der Waals surface area contributed by atoms with Gasteiger partial charge >= 0.3 is 0 Å². The maximum Gasteiger partial charge on any atom is 0.193 e. The Labute approximate surface area is 171 Å². The highest BCUT2D eigenvalue weighted by atomic mass is 15.3. The van der Waals surface area contributed by atoms with Crippen molar-refractivity contribution in [2.24, 2.45) is 10.9 Å². The van der Waals surface area contributed by atoms with Gasteiger partial charge in [-0.2, -0.15) is 0 Å². The van der Waals surface area contributed by atoms with Crippen molar-refractivity contribution in [1.82, 2.24) is 34.9 Å². The van der Waals surface area contributed by atoms with Crippen LogP contribution in [0.2, 0.25) is 0 Å². The normalized spacial score (nSPS) is 16.5. The smallest absolute Gasteiger partial charge is 0.193 e. The first-order valence-electron chi connectivity index (χ1n) is 10.0. The second-order valence-corrected chi connectivity index (χ2v) is 7.57. The minimum Gasteiger partial charge on any atom is -0.356 e. The summed E-state index contributed by atoms with van der Waals surface area (Å²) in [6.07, 6.45) is 3.98. The Morgan fingerprint density at radius 1 is 1.31 bits per heavy atom. The first-order valence-corrected chi connectivity index (χ1v) is 10.0. The number of fused-ring (bicyclic) bond motifs is 1. The van der Waals surface area contributed by atoms with Crippen LogP contribution in [0.25, 0.3) is 11.3 Å². The molecule has 0 fully saturated rings. The van der Waals surface area contributed by atoms with E-state index in [1.807, 2.05) is 45.4 Å². The molecular weight excluding hydrogens is 364 g/mol. The molecule has 1 atom stereocenters. The van der Waals surface area contributed by atoms with Crippen molar-refractivity contribution in [1.29, 1.82) is 0 Å². The summed E-state index contributed by atoms with van der Waals surface area (Å²) in [5, 5.41) is 12.0. The molecule has 1 aliphatic rings. The van der Waals surface area contributed by atoms with E-state index < -0.39 is 0 Å². The Morgan fingerprint density at radius 2 is 2.14 bits per heavy atom. The van der Waals surface area contributed by atoms with Crippen LogP contribution in [0.4, 0.5) is 0 Å². The molecule has 2 aromatic heterocycles. The molecule has 8 heteroatoms. The Balaban J connectivity index is 1.33. The molecule has 4 rings (SSSR count). The largest absolute Gasteiger partial charge is 0.356 e. The van der Waals surface area contributed by atoms with E-state index in [0.717, 1.165) is 60.6 Å². The van der Waals surface area contributed by atoms with Crippen LogP contribution in [-0.4, -0.2) is 56.2 Å². The van der Waals surface area contributed by atoms with E-state index in [0.29, 0.717) is 12.5 Å². The number of imidazole rings is 1. The fourth-order valence-corrected chi connectivity index (χ4v) is 3.82. The summed E-state index contributed by atoms with van der Waals surface area (Å²) >= 11 is 0. The monoisotopic (exact) mass is 392 g/mol. The zero-order valence-electron chi connectivity index (χ0n) is 17.3. The van der Waals surface area contributed by atoms with Gasteiger partial charge in [0.25, 0.3) is 0 Å². The second kappa shape index (κ2) is 8.46. The minimum atomic E-state index is 0.538. The van der Waals surface area contributed by atoms with Gasteiger partial charge in [0, 0.05) is 33.6 Å². The Kier molecular flexibility index (Phi) is 5.59. The van der Waals surface area contributed by atoms with E-state index >= 15 is 0 Å². The van der Waals surface area contributed by atoms with Crippen LogP contribution in [0, 0.1) is 12.8 Å². The van der Waals surface area contributed by atoms with E-state index in [1.54, 1.807) is 0 Å². The number of benzene rings is 1. The first kappa shape index (κ1) is 19.2. The Morgan fingerprint density at radius 3 is 2.93 bits per heavy atom. The molecule has 0 aliphatic carbocycles. The highest BCUT2D eigenvalue weighted by Gasteiger charge is 2.22. The number of hydrogen-bond donors (Lipinski definition) is 2. The lowest BCUT2D eigenvalue weighted by molar-refractivity contribution is 0.352. The van der Waals surface area contributed by atoms with E-state index in [4.69, 9.17) is 0 Å². The van der Waals surface area contributed by atoms with E-state index in [-0.39, 0.29) is 0 Å². The molecule has 1 aromatic carbocycles. The first-order chi connectivity index (χ1) is 14.1. The molecule has 3 aromatic rings. The molecule has 0 amide bonds. The maximum absolute atomic E-state index is 4.53. The number of aromatic amines is 1. The highest BCUT2D eigenvalue weighted by molar-refractivity contribution is 5.79. The quantitative estimate of drug-likeness (QED) is 0.514. The average molecular weight is 393 g/mol. The number of aliphatic imine (C=N–C) groups is 1. The number of hydrogen-bond acceptors (Lipinski definition) is 4. The van der Waals surface area contributed by atoms with Gasteiger partial charge in [-0.15, -0.1) is 10.2 Å². The molecule has 0 bridgehead atoms.